The third-order valence-electron chi connectivity index (χ3n) is 6.82. The van der Waals surface area contributed by atoms with E-state index in [0.29, 0.717) is 60.1 Å². The normalized spacial score (nSPS) is 17.1. The minimum atomic E-state index is -3.86. The quantitative estimate of drug-likeness (QED) is 0.507. The maximum absolute atomic E-state index is 13.1. The van der Waals surface area contributed by atoms with Crippen LogP contribution in [0.25, 0.3) is 0 Å². The molecule has 2 heterocycles. The molecule has 36 heavy (non-hydrogen) atoms. The van der Waals surface area contributed by atoms with Crippen molar-refractivity contribution in [3.05, 3.63) is 88.4 Å². The smallest absolute Gasteiger partial charge is 0.265 e. The molecule has 1 amide bonds. The summed E-state index contributed by atoms with van der Waals surface area (Å²) in [5.41, 5.74) is 1.29. The van der Waals surface area contributed by atoms with Gasteiger partial charge in [-0.05, 0) is 67.6 Å². The number of halogens is 1. The molecule has 2 N–H and O–H groups in total. The van der Waals surface area contributed by atoms with Gasteiger partial charge in [-0.15, -0.1) is 0 Å². The summed E-state index contributed by atoms with van der Waals surface area (Å²) in [6.07, 6.45) is 2.39. The highest BCUT2D eigenvalue weighted by molar-refractivity contribution is 7.92. The topological polar surface area (TPSA) is 95.9 Å². The maximum atomic E-state index is 13.1. The lowest BCUT2D eigenvalue weighted by Crippen LogP contribution is -2.45. The van der Waals surface area contributed by atoms with E-state index in [-0.39, 0.29) is 10.8 Å². The molecule has 0 atom stereocenters. The molecule has 1 fully saturated rings. The summed E-state index contributed by atoms with van der Waals surface area (Å²) in [7, 11) is -3.86. The van der Waals surface area contributed by atoms with Crippen LogP contribution in [0.2, 0.25) is 5.02 Å². The van der Waals surface area contributed by atoms with Crippen molar-refractivity contribution in [1.82, 2.24) is 4.90 Å². The van der Waals surface area contributed by atoms with Gasteiger partial charge in [0.15, 0.2) is 0 Å². The molecule has 1 saturated heterocycles. The van der Waals surface area contributed by atoms with Gasteiger partial charge in [0.2, 0.25) is 0 Å². The Hall–Kier alpha value is -3.07. The average molecular weight is 527 g/mol. The van der Waals surface area contributed by atoms with Gasteiger partial charge in [0.1, 0.15) is 10.6 Å². The number of rotatable bonds is 5. The number of anilines is 1. The highest BCUT2D eigenvalue weighted by Crippen LogP contribution is 2.37. The lowest BCUT2D eigenvalue weighted by molar-refractivity contribution is -0.0210. The van der Waals surface area contributed by atoms with Gasteiger partial charge in [-0.1, -0.05) is 41.9 Å². The first-order valence-electron chi connectivity index (χ1n) is 11.9. The Bertz CT molecular complexity index is 1380. The lowest BCUT2D eigenvalue weighted by Gasteiger charge is -2.39. The summed E-state index contributed by atoms with van der Waals surface area (Å²) < 4.78 is 34.3. The summed E-state index contributed by atoms with van der Waals surface area (Å²) in [5, 5.41) is 11.6. The highest BCUT2D eigenvalue weighted by Gasteiger charge is 2.37. The first-order valence-corrected chi connectivity index (χ1v) is 13.8. The van der Waals surface area contributed by atoms with E-state index >= 15 is 0 Å². The van der Waals surface area contributed by atoms with Crippen LogP contribution in [0.1, 0.15) is 40.7 Å². The fraction of sp³-hybridized carbons (Fsp3) is 0.296. The number of benzene rings is 3. The number of hydrogen-bond acceptors (Lipinski definition) is 5. The van der Waals surface area contributed by atoms with E-state index < -0.39 is 15.6 Å². The molecule has 3 aromatic rings. The zero-order chi connectivity index (χ0) is 25.3. The Morgan fingerprint density at radius 2 is 1.72 bits per heavy atom. The number of para-hydroxylation sites is 1. The number of nitrogens with one attached hydrogen (secondary N) is 1. The van der Waals surface area contributed by atoms with Gasteiger partial charge in [0.25, 0.3) is 15.9 Å². The van der Waals surface area contributed by atoms with Crippen LogP contribution in [0.3, 0.4) is 0 Å². The summed E-state index contributed by atoms with van der Waals surface area (Å²) >= 11 is 6.28. The van der Waals surface area contributed by atoms with Crippen molar-refractivity contribution in [3.8, 4) is 5.75 Å². The van der Waals surface area contributed by atoms with Gasteiger partial charge < -0.3 is 14.7 Å². The van der Waals surface area contributed by atoms with Crippen molar-refractivity contribution in [2.75, 3.05) is 24.4 Å². The average Bonchev–Trinajstić information content (AvgIpc) is 2.89. The lowest BCUT2D eigenvalue weighted by atomic mass is 9.84. The molecule has 2 aliphatic rings. The molecule has 3 aromatic carbocycles. The van der Waals surface area contributed by atoms with Crippen LogP contribution in [0.5, 0.6) is 5.75 Å². The summed E-state index contributed by atoms with van der Waals surface area (Å²) in [5.74, 6) is 0.237. The predicted molar refractivity (Wildman–Crippen MR) is 138 cm³/mol. The van der Waals surface area contributed by atoms with Crippen molar-refractivity contribution < 1.29 is 23.1 Å². The van der Waals surface area contributed by atoms with Gasteiger partial charge in [-0.3, -0.25) is 9.52 Å². The molecule has 2 aliphatic heterocycles. The number of carbonyl (C=O) groups excluding carboxylic acids is 1. The Labute approximate surface area is 215 Å². The van der Waals surface area contributed by atoms with E-state index in [1.807, 2.05) is 24.3 Å². The monoisotopic (exact) mass is 526 g/mol. The second kappa shape index (κ2) is 9.76. The molecule has 0 radical (unpaired) electrons. The van der Waals surface area contributed by atoms with Crippen molar-refractivity contribution in [1.29, 1.82) is 0 Å². The number of piperidine rings is 1. The van der Waals surface area contributed by atoms with Crippen molar-refractivity contribution in [3.63, 3.8) is 0 Å². The largest absolute Gasteiger partial charge is 0.492 e. The number of aryl methyl sites for hydroxylation is 1. The summed E-state index contributed by atoms with van der Waals surface area (Å²) in [6.45, 7) is 1.25. The second-order valence-electron chi connectivity index (χ2n) is 9.18. The zero-order valence-electron chi connectivity index (χ0n) is 19.6. The number of nitrogens with zero attached hydrogens (tertiary/aromatic N) is 1. The van der Waals surface area contributed by atoms with E-state index in [1.165, 1.54) is 6.07 Å². The minimum Gasteiger partial charge on any atom is -0.492 e. The number of carbonyl (C=O) groups is 1. The van der Waals surface area contributed by atoms with Crippen LogP contribution in [-0.4, -0.2) is 44.0 Å². The molecule has 9 heteroatoms. The molecule has 7 nitrogen and oxygen atoms in total. The van der Waals surface area contributed by atoms with Crippen LogP contribution in [0.15, 0.2) is 71.6 Å². The van der Waals surface area contributed by atoms with Crippen LogP contribution in [0, 0.1) is 0 Å². The van der Waals surface area contributed by atoms with Gasteiger partial charge in [0.05, 0.1) is 12.2 Å². The van der Waals surface area contributed by atoms with Crippen molar-refractivity contribution in [2.45, 2.75) is 36.2 Å². The summed E-state index contributed by atoms with van der Waals surface area (Å²) in [4.78, 5) is 14.9. The van der Waals surface area contributed by atoms with Gasteiger partial charge in [-0.2, -0.15) is 0 Å². The molecule has 188 valence electrons. The molecule has 0 bridgehead atoms. The number of likely N-dealkylation sites (tertiary alicyclic amines) is 1. The Morgan fingerprint density at radius 3 is 2.44 bits per heavy atom. The Morgan fingerprint density at radius 1 is 1.00 bits per heavy atom. The van der Waals surface area contributed by atoms with E-state index in [1.54, 1.807) is 41.3 Å². The zero-order valence-corrected chi connectivity index (χ0v) is 21.2. The SMILES string of the molecule is O=C(c1ccc(NS(=O)(=O)c2cccc3c2OCCC3)cc1)N1CCC(O)(c2ccccc2Cl)CC1. The third kappa shape index (κ3) is 4.81. The fourth-order valence-electron chi connectivity index (χ4n) is 4.83. The fourth-order valence-corrected chi connectivity index (χ4v) is 6.39. The number of sulfonamides is 1. The van der Waals surface area contributed by atoms with Crippen molar-refractivity contribution >= 4 is 33.2 Å². The first-order chi connectivity index (χ1) is 17.3. The molecule has 0 saturated carbocycles. The molecule has 0 aromatic heterocycles. The summed E-state index contributed by atoms with van der Waals surface area (Å²) in [6, 6.07) is 18.7. The molecule has 0 aliphatic carbocycles. The Balaban J connectivity index is 1.26. The highest BCUT2D eigenvalue weighted by atomic mass is 35.5. The Kier molecular flexibility index (Phi) is 6.68. The number of hydrogen-bond donors (Lipinski definition) is 2. The van der Waals surface area contributed by atoms with E-state index in [9.17, 15) is 18.3 Å². The molecule has 0 unspecified atom stereocenters. The predicted octanol–water partition coefficient (Wildman–Crippen LogP) is 4.59. The number of amides is 1. The van der Waals surface area contributed by atoms with E-state index in [4.69, 9.17) is 16.3 Å². The van der Waals surface area contributed by atoms with E-state index in [0.717, 1.165) is 18.4 Å². The number of fused-ring (bicyclic) bond motifs is 1. The van der Waals surface area contributed by atoms with Crippen LogP contribution >= 0.6 is 11.6 Å². The van der Waals surface area contributed by atoms with Crippen LogP contribution in [-0.2, 0) is 22.0 Å². The minimum absolute atomic E-state index is 0.110. The van der Waals surface area contributed by atoms with Crippen LogP contribution < -0.4 is 9.46 Å². The molecule has 5 rings (SSSR count). The van der Waals surface area contributed by atoms with Gasteiger partial charge in [0, 0.05) is 34.9 Å². The second-order valence-corrected chi connectivity index (χ2v) is 11.2. The van der Waals surface area contributed by atoms with Gasteiger partial charge in [-0.25, -0.2) is 8.42 Å². The molecule has 0 spiro atoms. The standard InChI is InChI=1S/C27H27ClN2O5S/c28-23-8-2-1-7-22(23)27(32)14-16-30(17-15-27)26(31)20-10-12-21(13-11-20)29-36(33,34)24-9-3-5-19-6-4-18-35-25(19)24/h1-3,5,7-13,29,32H,4,6,14-18H2. The first kappa shape index (κ1) is 24.6. The number of ether oxygens (including phenoxy) is 1. The number of aliphatic hydroxyl groups is 1. The molecular formula is C27H27ClN2O5S. The third-order valence-corrected chi connectivity index (χ3v) is 8.56. The van der Waals surface area contributed by atoms with Crippen LogP contribution in [0.4, 0.5) is 5.69 Å². The van der Waals surface area contributed by atoms with E-state index in [2.05, 4.69) is 4.72 Å². The van der Waals surface area contributed by atoms with Gasteiger partial charge >= 0.3 is 0 Å². The maximum Gasteiger partial charge on any atom is 0.265 e. The molecular weight excluding hydrogens is 500 g/mol. The van der Waals surface area contributed by atoms with Crippen molar-refractivity contribution in [2.24, 2.45) is 0 Å².